The van der Waals surface area contributed by atoms with Crippen molar-refractivity contribution in [2.24, 2.45) is 0 Å². The molecule has 0 spiro atoms. The maximum atomic E-state index is 12.0. The van der Waals surface area contributed by atoms with E-state index < -0.39 is 5.91 Å². The molecule has 0 saturated carbocycles. The van der Waals surface area contributed by atoms with Crippen LogP contribution in [-0.2, 0) is 0 Å². The van der Waals surface area contributed by atoms with Crippen molar-refractivity contribution >= 4 is 17.5 Å². The average molecular weight is 260 g/mol. The van der Waals surface area contributed by atoms with E-state index in [1.807, 2.05) is 0 Å². The smallest absolute Gasteiger partial charge is 0.257 e. The van der Waals surface area contributed by atoms with Gasteiger partial charge in [-0.05, 0) is 18.2 Å². The molecule has 0 unspecified atom stereocenters. The van der Waals surface area contributed by atoms with E-state index >= 15 is 0 Å². The third-order valence-electron chi connectivity index (χ3n) is 2.22. The first-order chi connectivity index (χ1) is 8.10. The van der Waals surface area contributed by atoms with E-state index in [1.165, 1.54) is 23.1 Å². The number of aliphatic hydroxyl groups excluding tert-OH is 2. The second kappa shape index (κ2) is 6.44. The number of hydrogen-bond donors (Lipinski definition) is 3. The van der Waals surface area contributed by atoms with Gasteiger partial charge in [0.1, 0.15) is 5.75 Å². The molecular weight excluding hydrogens is 246 g/mol. The maximum absolute atomic E-state index is 12.0. The third-order valence-corrected chi connectivity index (χ3v) is 2.45. The second-order valence-electron chi connectivity index (χ2n) is 3.40. The van der Waals surface area contributed by atoms with E-state index in [0.29, 0.717) is 5.02 Å². The summed E-state index contributed by atoms with van der Waals surface area (Å²) in [6.07, 6.45) is 0. The van der Waals surface area contributed by atoms with Gasteiger partial charge < -0.3 is 20.2 Å². The van der Waals surface area contributed by atoms with Crippen LogP contribution in [0.1, 0.15) is 10.4 Å². The first-order valence-electron chi connectivity index (χ1n) is 5.09. The molecule has 0 aromatic heterocycles. The van der Waals surface area contributed by atoms with Gasteiger partial charge >= 0.3 is 0 Å². The lowest BCUT2D eigenvalue weighted by Gasteiger charge is -2.21. The molecule has 0 aliphatic carbocycles. The van der Waals surface area contributed by atoms with Crippen molar-refractivity contribution in [1.82, 2.24) is 4.90 Å². The molecule has 0 bridgehead atoms. The molecular formula is C11H14ClNO4. The highest BCUT2D eigenvalue weighted by atomic mass is 35.5. The summed E-state index contributed by atoms with van der Waals surface area (Å²) in [6.45, 7) is -0.219. The van der Waals surface area contributed by atoms with E-state index in [-0.39, 0.29) is 37.6 Å². The standard InChI is InChI=1S/C11H14ClNO4/c12-8-1-2-9(10(16)7-8)11(17)13(3-5-14)4-6-15/h1-2,7,14-16H,3-6H2. The van der Waals surface area contributed by atoms with Crippen molar-refractivity contribution in [3.05, 3.63) is 28.8 Å². The van der Waals surface area contributed by atoms with E-state index in [9.17, 15) is 9.90 Å². The fourth-order valence-electron chi connectivity index (χ4n) is 1.41. The van der Waals surface area contributed by atoms with Crippen LogP contribution in [0.2, 0.25) is 5.02 Å². The first kappa shape index (κ1) is 13.8. The van der Waals surface area contributed by atoms with Gasteiger partial charge in [0.2, 0.25) is 0 Å². The van der Waals surface area contributed by atoms with Crippen LogP contribution < -0.4 is 0 Å². The number of halogens is 1. The summed E-state index contributed by atoms with van der Waals surface area (Å²) in [7, 11) is 0. The highest BCUT2D eigenvalue weighted by Crippen LogP contribution is 2.23. The molecule has 0 saturated heterocycles. The zero-order chi connectivity index (χ0) is 12.8. The SMILES string of the molecule is O=C(c1ccc(Cl)cc1O)N(CCO)CCO. The van der Waals surface area contributed by atoms with Crippen LogP contribution in [0, 0.1) is 0 Å². The Labute approximate surface area is 104 Å². The maximum Gasteiger partial charge on any atom is 0.257 e. The van der Waals surface area contributed by atoms with E-state index in [2.05, 4.69) is 0 Å². The Morgan fingerprint density at radius 3 is 2.29 bits per heavy atom. The molecule has 17 heavy (non-hydrogen) atoms. The van der Waals surface area contributed by atoms with Gasteiger partial charge in [0.15, 0.2) is 0 Å². The number of aromatic hydroxyl groups is 1. The summed E-state index contributed by atoms with van der Waals surface area (Å²) in [5, 5.41) is 27.5. The second-order valence-corrected chi connectivity index (χ2v) is 3.84. The Kier molecular flexibility index (Phi) is 5.21. The fourth-order valence-corrected chi connectivity index (χ4v) is 1.58. The van der Waals surface area contributed by atoms with Gasteiger partial charge in [-0.2, -0.15) is 0 Å². The Bertz CT molecular complexity index is 391. The highest BCUT2D eigenvalue weighted by molar-refractivity contribution is 6.30. The normalized spacial score (nSPS) is 10.3. The van der Waals surface area contributed by atoms with E-state index in [0.717, 1.165) is 0 Å². The minimum Gasteiger partial charge on any atom is -0.507 e. The molecule has 0 atom stereocenters. The molecule has 0 aliphatic heterocycles. The predicted octanol–water partition coefficient (Wildman–Crippen LogP) is 0.472. The molecule has 5 nitrogen and oxygen atoms in total. The van der Waals surface area contributed by atoms with Crippen molar-refractivity contribution < 1.29 is 20.1 Å². The van der Waals surface area contributed by atoms with Crippen molar-refractivity contribution in [2.45, 2.75) is 0 Å². The van der Waals surface area contributed by atoms with Gasteiger partial charge in [-0.1, -0.05) is 11.6 Å². The van der Waals surface area contributed by atoms with Gasteiger partial charge in [0, 0.05) is 18.1 Å². The number of nitrogens with zero attached hydrogens (tertiary/aromatic N) is 1. The number of benzene rings is 1. The number of phenolic OH excluding ortho intramolecular Hbond substituents is 1. The molecule has 1 aromatic carbocycles. The van der Waals surface area contributed by atoms with Crippen LogP contribution in [0.15, 0.2) is 18.2 Å². The number of hydrogen-bond acceptors (Lipinski definition) is 4. The molecule has 1 rings (SSSR count). The largest absolute Gasteiger partial charge is 0.507 e. The van der Waals surface area contributed by atoms with Crippen LogP contribution in [0.4, 0.5) is 0 Å². The predicted molar refractivity (Wildman–Crippen MR) is 63.2 cm³/mol. The lowest BCUT2D eigenvalue weighted by atomic mass is 10.1. The number of phenols is 1. The Balaban J connectivity index is 2.92. The summed E-state index contributed by atoms with van der Waals surface area (Å²) in [4.78, 5) is 13.2. The van der Waals surface area contributed by atoms with Gasteiger partial charge in [0.25, 0.3) is 5.91 Å². The van der Waals surface area contributed by atoms with Gasteiger partial charge in [0.05, 0.1) is 18.8 Å². The lowest BCUT2D eigenvalue weighted by Crippen LogP contribution is -2.35. The average Bonchev–Trinajstić information content (AvgIpc) is 2.28. The molecule has 0 heterocycles. The highest BCUT2D eigenvalue weighted by Gasteiger charge is 2.18. The molecule has 0 fully saturated rings. The minimum atomic E-state index is -0.456. The summed E-state index contributed by atoms with van der Waals surface area (Å²) in [5.74, 6) is -0.675. The van der Waals surface area contributed by atoms with Crippen molar-refractivity contribution in [3.8, 4) is 5.75 Å². The minimum absolute atomic E-state index is 0.0938. The number of carbonyl (C=O) groups is 1. The summed E-state index contributed by atoms with van der Waals surface area (Å²) in [6, 6.07) is 4.16. The number of rotatable bonds is 5. The van der Waals surface area contributed by atoms with Gasteiger partial charge in [-0.3, -0.25) is 4.79 Å². The molecule has 0 aliphatic rings. The van der Waals surface area contributed by atoms with Gasteiger partial charge in [-0.25, -0.2) is 0 Å². The molecule has 3 N–H and O–H groups in total. The summed E-state index contributed by atoms with van der Waals surface area (Å²) < 4.78 is 0. The fraction of sp³-hybridized carbons (Fsp3) is 0.364. The zero-order valence-electron chi connectivity index (χ0n) is 9.14. The third kappa shape index (κ3) is 3.59. The summed E-state index contributed by atoms with van der Waals surface area (Å²) >= 11 is 5.66. The molecule has 0 radical (unpaired) electrons. The Hall–Kier alpha value is -1.30. The molecule has 94 valence electrons. The lowest BCUT2D eigenvalue weighted by molar-refractivity contribution is 0.0682. The van der Waals surface area contributed by atoms with Crippen LogP contribution in [0.5, 0.6) is 5.75 Å². The van der Waals surface area contributed by atoms with Crippen LogP contribution in [-0.4, -0.2) is 52.4 Å². The molecule has 1 aromatic rings. The molecule has 6 heteroatoms. The quantitative estimate of drug-likeness (QED) is 0.718. The van der Waals surface area contributed by atoms with Crippen molar-refractivity contribution in [2.75, 3.05) is 26.3 Å². The van der Waals surface area contributed by atoms with E-state index in [4.69, 9.17) is 21.8 Å². The first-order valence-corrected chi connectivity index (χ1v) is 5.47. The summed E-state index contributed by atoms with van der Waals surface area (Å²) in [5.41, 5.74) is 0.0938. The van der Waals surface area contributed by atoms with E-state index in [1.54, 1.807) is 0 Å². The zero-order valence-corrected chi connectivity index (χ0v) is 9.89. The number of carbonyl (C=O) groups excluding carboxylic acids is 1. The van der Waals surface area contributed by atoms with Crippen LogP contribution in [0.25, 0.3) is 0 Å². The topological polar surface area (TPSA) is 81.0 Å². The van der Waals surface area contributed by atoms with Crippen molar-refractivity contribution in [3.63, 3.8) is 0 Å². The van der Waals surface area contributed by atoms with Crippen molar-refractivity contribution in [1.29, 1.82) is 0 Å². The number of aliphatic hydroxyl groups is 2. The van der Waals surface area contributed by atoms with Crippen LogP contribution in [0.3, 0.4) is 0 Å². The van der Waals surface area contributed by atoms with Gasteiger partial charge in [-0.15, -0.1) is 0 Å². The number of amides is 1. The monoisotopic (exact) mass is 259 g/mol. The molecule has 1 amide bonds. The Morgan fingerprint density at radius 2 is 1.82 bits per heavy atom. The Morgan fingerprint density at radius 1 is 1.24 bits per heavy atom. The van der Waals surface area contributed by atoms with Crippen LogP contribution >= 0.6 is 11.6 Å².